The molecule has 0 aliphatic rings. The van der Waals surface area contributed by atoms with Crippen LogP contribution in [0.2, 0.25) is 0 Å². The molecule has 0 aliphatic carbocycles. The molecule has 0 saturated carbocycles. The first-order chi connectivity index (χ1) is 8.34. The summed E-state index contributed by atoms with van der Waals surface area (Å²) in [5.41, 5.74) is 0.797. The molecule has 0 saturated heterocycles. The summed E-state index contributed by atoms with van der Waals surface area (Å²) in [6.07, 6.45) is 3.94. The number of nitrogens with one attached hydrogen (secondary N) is 2. The van der Waals surface area contributed by atoms with Gasteiger partial charge in [-0.05, 0) is 24.3 Å². The molecule has 1 aromatic carbocycles. The van der Waals surface area contributed by atoms with Crippen molar-refractivity contribution in [3.63, 3.8) is 0 Å². The summed E-state index contributed by atoms with van der Waals surface area (Å²) in [4.78, 5) is 11.5. The first-order valence-corrected chi connectivity index (χ1v) is 5.55. The van der Waals surface area contributed by atoms with Crippen molar-refractivity contribution in [2.24, 2.45) is 0 Å². The highest BCUT2D eigenvalue weighted by Crippen LogP contribution is 2.03. The molecule has 0 radical (unpaired) electrons. The number of anilines is 1. The average Bonchev–Trinajstić information content (AvgIpc) is 2.83. The average molecular weight is 229 g/mol. The lowest BCUT2D eigenvalue weighted by molar-refractivity contribution is 0.251. The summed E-state index contributed by atoms with van der Waals surface area (Å²) in [6, 6.07) is 13.1. The van der Waals surface area contributed by atoms with E-state index in [0.717, 1.165) is 12.2 Å². The van der Waals surface area contributed by atoms with Gasteiger partial charge < -0.3 is 15.2 Å². The van der Waals surface area contributed by atoms with E-state index in [4.69, 9.17) is 0 Å². The van der Waals surface area contributed by atoms with E-state index in [1.54, 1.807) is 0 Å². The van der Waals surface area contributed by atoms with Gasteiger partial charge in [-0.25, -0.2) is 4.79 Å². The van der Waals surface area contributed by atoms with Crippen LogP contribution in [0.25, 0.3) is 0 Å². The molecule has 0 fully saturated rings. The van der Waals surface area contributed by atoms with Crippen molar-refractivity contribution < 1.29 is 4.79 Å². The lowest BCUT2D eigenvalue weighted by Crippen LogP contribution is -2.31. The van der Waals surface area contributed by atoms with Gasteiger partial charge in [-0.15, -0.1) is 0 Å². The number of rotatable bonds is 4. The Bertz CT molecular complexity index is 451. The third-order valence-electron chi connectivity index (χ3n) is 2.35. The summed E-state index contributed by atoms with van der Waals surface area (Å²) in [7, 11) is 0. The highest BCUT2D eigenvalue weighted by atomic mass is 16.2. The third kappa shape index (κ3) is 3.68. The van der Waals surface area contributed by atoms with Gasteiger partial charge in [0.05, 0.1) is 0 Å². The number of hydrogen-bond acceptors (Lipinski definition) is 1. The molecule has 2 aromatic rings. The standard InChI is InChI=1S/C13H15N3O/c17-13(15-12-6-2-1-3-7-12)14-8-11-16-9-4-5-10-16/h1-7,9-10H,8,11H2,(H2,14,15,17). The summed E-state index contributed by atoms with van der Waals surface area (Å²) in [6.45, 7) is 1.38. The van der Waals surface area contributed by atoms with Gasteiger partial charge in [0, 0.05) is 31.2 Å². The number of amides is 2. The number of carbonyl (C=O) groups excluding carboxylic acids is 1. The van der Waals surface area contributed by atoms with Gasteiger partial charge in [-0.3, -0.25) is 0 Å². The van der Waals surface area contributed by atoms with Crippen molar-refractivity contribution in [2.45, 2.75) is 6.54 Å². The molecule has 2 amide bonds. The zero-order valence-corrected chi connectivity index (χ0v) is 9.47. The van der Waals surface area contributed by atoms with Crippen molar-refractivity contribution in [3.8, 4) is 0 Å². The number of nitrogens with zero attached hydrogens (tertiary/aromatic N) is 1. The van der Waals surface area contributed by atoms with Gasteiger partial charge in [0.1, 0.15) is 0 Å². The van der Waals surface area contributed by atoms with Crippen LogP contribution in [0.5, 0.6) is 0 Å². The Balaban J connectivity index is 1.71. The molecule has 0 spiro atoms. The number of carbonyl (C=O) groups is 1. The fourth-order valence-electron chi connectivity index (χ4n) is 1.51. The lowest BCUT2D eigenvalue weighted by Gasteiger charge is -2.07. The topological polar surface area (TPSA) is 46.1 Å². The van der Waals surface area contributed by atoms with Gasteiger partial charge in [0.2, 0.25) is 0 Å². The second-order valence-electron chi connectivity index (χ2n) is 3.67. The van der Waals surface area contributed by atoms with Crippen LogP contribution in [0.1, 0.15) is 0 Å². The van der Waals surface area contributed by atoms with Gasteiger partial charge in [0.25, 0.3) is 0 Å². The molecule has 2 N–H and O–H groups in total. The zero-order valence-electron chi connectivity index (χ0n) is 9.47. The Morgan fingerprint density at radius 3 is 2.47 bits per heavy atom. The van der Waals surface area contributed by atoms with E-state index in [0.29, 0.717) is 6.54 Å². The van der Waals surface area contributed by atoms with Gasteiger partial charge in [0.15, 0.2) is 0 Å². The maximum Gasteiger partial charge on any atom is 0.319 e. The Labute approximate surface area is 100 Å². The molecule has 0 bridgehead atoms. The minimum atomic E-state index is -0.177. The second kappa shape index (κ2) is 5.75. The normalized spacial score (nSPS) is 9.88. The van der Waals surface area contributed by atoms with Crippen LogP contribution in [0.3, 0.4) is 0 Å². The minimum absolute atomic E-state index is 0.177. The largest absolute Gasteiger partial charge is 0.353 e. The molecule has 0 aliphatic heterocycles. The molecular weight excluding hydrogens is 214 g/mol. The van der Waals surface area contributed by atoms with Crippen LogP contribution in [0, 0.1) is 0 Å². The quantitative estimate of drug-likeness (QED) is 0.830. The number of benzene rings is 1. The molecule has 2 rings (SSSR count). The Kier molecular flexibility index (Phi) is 3.81. The zero-order chi connectivity index (χ0) is 11.9. The maximum absolute atomic E-state index is 11.5. The van der Waals surface area contributed by atoms with Gasteiger partial charge in [-0.2, -0.15) is 0 Å². The van der Waals surface area contributed by atoms with Gasteiger partial charge in [-0.1, -0.05) is 18.2 Å². The van der Waals surface area contributed by atoms with Crippen LogP contribution in [-0.2, 0) is 6.54 Å². The van der Waals surface area contributed by atoms with E-state index in [9.17, 15) is 4.79 Å². The van der Waals surface area contributed by atoms with Crippen LogP contribution in [0.4, 0.5) is 10.5 Å². The van der Waals surface area contributed by atoms with Crippen molar-refractivity contribution >= 4 is 11.7 Å². The molecule has 1 heterocycles. The Morgan fingerprint density at radius 1 is 1.06 bits per heavy atom. The van der Waals surface area contributed by atoms with E-state index in [1.165, 1.54) is 0 Å². The minimum Gasteiger partial charge on any atom is -0.353 e. The van der Waals surface area contributed by atoms with E-state index >= 15 is 0 Å². The summed E-state index contributed by atoms with van der Waals surface area (Å²) in [5.74, 6) is 0. The molecule has 0 unspecified atom stereocenters. The van der Waals surface area contributed by atoms with Crippen LogP contribution in [0.15, 0.2) is 54.9 Å². The predicted molar refractivity (Wildman–Crippen MR) is 67.9 cm³/mol. The van der Waals surface area contributed by atoms with E-state index in [1.807, 2.05) is 59.4 Å². The van der Waals surface area contributed by atoms with Crippen LogP contribution < -0.4 is 10.6 Å². The maximum atomic E-state index is 11.5. The van der Waals surface area contributed by atoms with Crippen molar-refractivity contribution in [3.05, 3.63) is 54.9 Å². The summed E-state index contributed by atoms with van der Waals surface area (Å²) in [5, 5.41) is 5.56. The number of para-hydroxylation sites is 1. The van der Waals surface area contributed by atoms with E-state index in [2.05, 4.69) is 10.6 Å². The summed E-state index contributed by atoms with van der Waals surface area (Å²) < 4.78 is 2.02. The van der Waals surface area contributed by atoms with Crippen molar-refractivity contribution in [1.82, 2.24) is 9.88 Å². The molecule has 4 nitrogen and oxygen atoms in total. The predicted octanol–water partition coefficient (Wildman–Crippen LogP) is 2.31. The molecule has 17 heavy (non-hydrogen) atoms. The number of aromatic nitrogens is 1. The highest BCUT2D eigenvalue weighted by Gasteiger charge is 1.99. The molecule has 1 aromatic heterocycles. The highest BCUT2D eigenvalue weighted by molar-refractivity contribution is 5.89. The molecule has 88 valence electrons. The molecule has 4 heteroatoms. The molecule has 0 atom stereocenters. The van der Waals surface area contributed by atoms with E-state index in [-0.39, 0.29) is 6.03 Å². The summed E-state index contributed by atoms with van der Waals surface area (Å²) >= 11 is 0. The number of hydrogen-bond donors (Lipinski definition) is 2. The molecular formula is C13H15N3O. The Hall–Kier alpha value is -2.23. The van der Waals surface area contributed by atoms with Crippen molar-refractivity contribution in [1.29, 1.82) is 0 Å². The number of urea groups is 1. The smallest absolute Gasteiger partial charge is 0.319 e. The first-order valence-electron chi connectivity index (χ1n) is 5.55. The SMILES string of the molecule is O=C(NCCn1cccc1)Nc1ccccc1. The fourth-order valence-corrected chi connectivity index (χ4v) is 1.51. The van der Waals surface area contributed by atoms with E-state index < -0.39 is 0 Å². The van der Waals surface area contributed by atoms with Crippen molar-refractivity contribution in [2.75, 3.05) is 11.9 Å². The third-order valence-corrected chi connectivity index (χ3v) is 2.35. The Morgan fingerprint density at radius 2 is 1.76 bits per heavy atom. The monoisotopic (exact) mass is 229 g/mol. The van der Waals surface area contributed by atoms with Gasteiger partial charge >= 0.3 is 6.03 Å². The van der Waals surface area contributed by atoms with Crippen LogP contribution >= 0.6 is 0 Å². The first kappa shape index (κ1) is 11.3. The lowest BCUT2D eigenvalue weighted by atomic mass is 10.3. The fraction of sp³-hybridized carbons (Fsp3) is 0.154. The second-order valence-corrected chi connectivity index (χ2v) is 3.67. The van der Waals surface area contributed by atoms with Crippen LogP contribution in [-0.4, -0.2) is 17.1 Å².